The molecule has 0 saturated heterocycles. The summed E-state index contributed by atoms with van der Waals surface area (Å²) in [4.78, 5) is 4.31. The number of hydrogen-bond donors (Lipinski definition) is 1. The summed E-state index contributed by atoms with van der Waals surface area (Å²) in [5, 5.41) is 3.29. The summed E-state index contributed by atoms with van der Waals surface area (Å²) in [6.45, 7) is 4.59. The highest BCUT2D eigenvalue weighted by Gasteiger charge is 2.02. The summed E-state index contributed by atoms with van der Waals surface area (Å²) >= 11 is 3.34. The summed E-state index contributed by atoms with van der Waals surface area (Å²) in [6.07, 6.45) is 0. The molecule has 1 N–H and O–H groups in total. The Hall–Kier alpha value is -1.29. The van der Waals surface area contributed by atoms with Crippen molar-refractivity contribution in [2.45, 2.75) is 20.4 Å². The van der Waals surface area contributed by atoms with Crippen molar-refractivity contribution >= 4 is 21.6 Å². The van der Waals surface area contributed by atoms with Crippen LogP contribution in [0.25, 0.3) is 0 Å². The summed E-state index contributed by atoms with van der Waals surface area (Å²) < 4.78 is 6.33. The summed E-state index contributed by atoms with van der Waals surface area (Å²) in [7, 11) is 0. The zero-order chi connectivity index (χ0) is 11.5. The molecule has 0 saturated carbocycles. The molecule has 0 amide bonds. The average molecular weight is 281 g/mol. The lowest BCUT2D eigenvalue weighted by molar-refractivity contribution is 0.490. The van der Waals surface area contributed by atoms with Crippen LogP contribution in [0.15, 0.2) is 33.3 Å². The minimum atomic E-state index is 0.679. The van der Waals surface area contributed by atoms with Gasteiger partial charge in [-0.3, -0.25) is 0 Å². The molecule has 3 nitrogen and oxygen atoms in total. The van der Waals surface area contributed by atoms with E-state index in [9.17, 15) is 0 Å². The number of aryl methyl sites for hydroxylation is 2. The van der Waals surface area contributed by atoms with E-state index < -0.39 is 0 Å². The molecule has 2 rings (SSSR count). The molecule has 0 fully saturated rings. The lowest BCUT2D eigenvalue weighted by atomic mass is 10.3. The maximum atomic E-state index is 5.48. The summed E-state index contributed by atoms with van der Waals surface area (Å²) in [6, 6.07) is 7.86. The van der Waals surface area contributed by atoms with Gasteiger partial charge < -0.3 is 9.73 Å². The SMILES string of the molecule is Cc1ccc(CNc2ccc(Br)nc2C)o1. The number of anilines is 1. The number of nitrogens with one attached hydrogen (secondary N) is 1. The minimum Gasteiger partial charge on any atom is -0.465 e. The minimum absolute atomic E-state index is 0.679. The van der Waals surface area contributed by atoms with E-state index in [2.05, 4.69) is 26.2 Å². The van der Waals surface area contributed by atoms with Crippen molar-refractivity contribution < 1.29 is 4.42 Å². The predicted molar refractivity (Wildman–Crippen MR) is 67.4 cm³/mol. The second kappa shape index (κ2) is 4.70. The highest BCUT2D eigenvalue weighted by molar-refractivity contribution is 9.10. The van der Waals surface area contributed by atoms with Crippen molar-refractivity contribution in [3.8, 4) is 0 Å². The topological polar surface area (TPSA) is 38.1 Å². The fraction of sp³-hybridized carbons (Fsp3) is 0.250. The van der Waals surface area contributed by atoms with Gasteiger partial charge in [-0.1, -0.05) is 0 Å². The molecule has 2 heterocycles. The number of nitrogens with zero attached hydrogens (tertiary/aromatic N) is 1. The Bertz CT molecular complexity index is 494. The van der Waals surface area contributed by atoms with E-state index in [4.69, 9.17) is 4.42 Å². The number of halogens is 1. The Labute approximate surface area is 103 Å². The molecule has 2 aromatic heterocycles. The van der Waals surface area contributed by atoms with E-state index >= 15 is 0 Å². The fourth-order valence-corrected chi connectivity index (χ4v) is 1.88. The fourth-order valence-electron chi connectivity index (χ4n) is 1.48. The molecule has 2 aromatic rings. The molecule has 0 aliphatic carbocycles. The third-order valence-corrected chi connectivity index (χ3v) is 2.74. The first-order valence-corrected chi connectivity index (χ1v) is 5.87. The van der Waals surface area contributed by atoms with Crippen LogP contribution in [0.2, 0.25) is 0 Å². The Morgan fingerprint density at radius 1 is 1.25 bits per heavy atom. The van der Waals surface area contributed by atoms with Crippen molar-refractivity contribution in [3.05, 3.63) is 46.1 Å². The third kappa shape index (κ3) is 2.64. The van der Waals surface area contributed by atoms with E-state index in [1.165, 1.54) is 0 Å². The quantitative estimate of drug-likeness (QED) is 0.872. The molecule has 0 radical (unpaired) electrons. The van der Waals surface area contributed by atoms with Crippen LogP contribution in [0.5, 0.6) is 0 Å². The van der Waals surface area contributed by atoms with Gasteiger partial charge in [-0.15, -0.1) is 0 Å². The number of furan rings is 1. The van der Waals surface area contributed by atoms with Crippen LogP contribution in [0.4, 0.5) is 5.69 Å². The Morgan fingerprint density at radius 2 is 2.06 bits per heavy atom. The van der Waals surface area contributed by atoms with Gasteiger partial charge in [0.05, 0.1) is 17.9 Å². The zero-order valence-electron chi connectivity index (χ0n) is 9.25. The van der Waals surface area contributed by atoms with Crippen LogP contribution in [0.1, 0.15) is 17.2 Å². The lowest BCUT2D eigenvalue weighted by Crippen LogP contribution is -2.01. The second-order valence-electron chi connectivity index (χ2n) is 3.63. The molecule has 16 heavy (non-hydrogen) atoms. The molecular formula is C12H13BrN2O. The standard InChI is InChI=1S/C12H13BrN2O/c1-8-3-4-10(16-8)7-14-11-5-6-12(13)15-9(11)2/h3-6,14H,7H2,1-2H3. The predicted octanol–water partition coefficient (Wildman–Crippen LogP) is 3.67. The van der Waals surface area contributed by atoms with Gasteiger partial charge in [0.1, 0.15) is 16.1 Å². The molecule has 0 aliphatic rings. The Morgan fingerprint density at radius 3 is 2.69 bits per heavy atom. The van der Waals surface area contributed by atoms with Crippen molar-refractivity contribution in [2.75, 3.05) is 5.32 Å². The normalized spacial score (nSPS) is 10.4. The van der Waals surface area contributed by atoms with Crippen LogP contribution < -0.4 is 5.32 Å². The largest absolute Gasteiger partial charge is 0.465 e. The first-order valence-electron chi connectivity index (χ1n) is 5.07. The van der Waals surface area contributed by atoms with Crippen LogP contribution >= 0.6 is 15.9 Å². The number of pyridine rings is 1. The van der Waals surface area contributed by atoms with Crippen LogP contribution in [0, 0.1) is 13.8 Å². The molecule has 0 aromatic carbocycles. The van der Waals surface area contributed by atoms with Crippen molar-refractivity contribution in [1.82, 2.24) is 4.98 Å². The van der Waals surface area contributed by atoms with Crippen molar-refractivity contribution in [1.29, 1.82) is 0 Å². The smallest absolute Gasteiger partial charge is 0.123 e. The van der Waals surface area contributed by atoms with Crippen LogP contribution in [-0.2, 0) is 6.54 Å². The van der Waals surface area contributed by atoms with Gasteiger partial charge in [-0.25, -0.2) is 4.98 Å². The molecule has 0 bridgehead atoms. The molecule has 0 aliphatic heterocycles. The highest BCUT2D eigenvalue weighted by atomic mass is 79.9. The summed E-state index contributed by atoms with van der Waals surface area (Å²) in [5.74, 6) is 1.86. The number of aromatic nitrogens is 1. The van der Waals surface area contributed by atoms with Crippen molar-refractivity contribution in [2.24, 2.45) is 0 Å². The van der Waals surface area contributed by atoms with Crippen LogP contribution in [-0.4, -0.2) is 4.98 Å². The van der Waals surface area contributed by atoms with Gasteiger partial charge >= 0.3 is 0 Å². The lowest BCUT2D eigenvalue weighted by Gasteiger charge is -2.07. The third-order valence-electron chi connectivity index (χ3n) is 2.30. The van der Waals surface area contributed by atoms with E-state index in [1.54, 1.807) is 0 Å². The van der Waals surface area contributed by atoms with Gasteiger partial charge in [0.25, 0.3) is 0 Å². The van der Waals surface area contributed by atoms with Gasteiger partial charge in [-0.2, -0.15) is 0 Å². The Balaban J connectivity index is 2.04. The van der Waals surface area contributed by atoms with Gasteiger partial charge in [0, 0.05) is 0 Å². The van der Waals surface area contributed by atoms with Gasteiger partial charge in [-0.05, 0) is 54.0 Å². The van der Waals surface area contributed by atoms with Gasteiger partial charge in [0.15, 0.2) is 0 Å². The number of hydrogen-bond acceptors (Lipinski definition) is 3. The first kappa shape index (κ1) is 11.2. The van der Waals surface area contributed by atoms with Crippen LogP contribution in [0.3, 0.4) is 0 Å². The molecular weight excluding hydrogens is 268 g/mol. The average Bonchev–Trinajstić information content (AvgIpc) is 2.63. The molecule has 84 valence electrons. The maximum Gasteiger partial charge on any atom is 0.123 e. The van der Waals surface area contributed by atoms with E-state index in [0.717, 1.165) is 27.5 Å². The highest BCUT2D eigenvalue weighted by Crippen LogP contribution is 2.17. The van der Waals surface area contributed by atoms with Crippen molar-refractivity contribution in [3.63, 3.8) is 0 Å². The second-order valence-corrected chi connectivity index (χ2v) is 4.45. The molecule has 0 unspecified atom stereocenters. The molecule has 4 heteroatoms. The van der Waals surface area contributed by atoms with E-state index in [-0.39, 0.29) is 0 Å². The molecule has 0 spiro atoms. The van der Waals surface area contributed by atoms with E-state index in [0.29, 0.717) is 6.54 Å². The zero-order valence-corrected chi connectivity index (χ0v) is 10.8. The summed E-state index contributed by atoms with van der Waals surface area (Å²) in [5.41, 5.74) is 2.00. The van der Waals surface area contributed by atoms with Gasteiger partial charge in [0.2, 0.25) is 0 Å². The monoisotopic (exact) mass is 280 g/mol. The Kier molecular flexibility index (Phi) is 3.29. The number of rotatable bonds is 3. The van der Waals surface area contributed by atoms with E-state index in [1.807, 2.05) is 38.1 Å². The first-order chi connectivity index (χ1) is 7.65. The maximum absolute atomic E-state index is 5.48. The molecule has 0 atom stereocenters.